The van der Waals surface area contributed by atoms with Gasteiger partial charge in [0.1, 0.15) is 0 Å². The normalized spacial score (nSPS) is 11.8. The Morgan fingerprint density at radius 3 is 2.52 bits per heavy atom. The molecule has 2 rings (SSSR count). The van der Waals surface area contributed by atoms with Crippen LogP contribution in [0.1, 0.15) is 18.9 Å². The Labute approximate surface area is 147 Å². The molecule has 122 valence electrons. The number of anilines is 1. The number of hydrogen-bond donors (Lipinski definition) is 2. The standard InChI is InChI=1S/C18H20Cl2N2O/c1-13(7-8-14-5-3-2-4-6-14)12-21-18(23)22-15-9-10-16(19)17(20)11-15/h2-6,9-11,13H,7-8,12H2,1H3,(H2,21,22,23). The molecular weight excluding hydrogens is 331 g/mol. The Hall–Kier alpha value is -1.71. The lowest BCUT2D eigenvalue weighted by molar-refractivity contribution is 0.250. The average Bonchev–Trinajstić information content (AvgIpc) is 2.55. The third kappa shape index (κ3) is 6.12. The number of benzene rings is 2. The van der Waals surface area contributed by atoms with Crippen LogP contribution in [0.4, 0.5) is 10.5 Å². The van der Waals surface area contributed by atoms with E-state index in [4.69, 9.17) is 23.2 Å². The van der Waals surface area contributed by atoms with E-state index in [1.807, 2.05) is 18.2 Å². The number of halogens is 2. The smallest absolute Gasteiger partial charge is 0.319 e. The molecule has 1 atom stereocenters. The first-order valence-corrected chi connectivity index (χ1v) is 8.34. The minimum Gasteiger partial charge on any atom is -0.338 e. The van der Waals surface area contributed by atoms with Gasteiger partial charge < -0.3 is 10.6 Å². The van der Waals surface area contributed by atoms with Gasteiger partial charge >= 0.3 is 6.03 Å². The number of amides is 2. The van der Waals surface area contributed by atoms with E-state index >= 15 is 0 Å². The highest BCUT2D eigenvalue weighted by atomic mass is 35.5. The molecule has 2 aromatic rings. The summed E-state index contributed by atoms with van der Waals surface area (Å²) < 4.78 is 0. The monoisotopic (exact) mass is 350 g/mol. The van der Waals surface area contributed by atoms with Crippen molar-refractivity contribution in [2.45, 2.75) is 19.8 Å². The Morgan fingerprint density at radius 1 is 1.09 bits per heavy atom. The van der Waals surface area contributed by atoms with Crippen LogP contribution in [0, 0.1) is 5.92 Å². The van der Waals surface area contributed by atoms with Crippen molar-refractivity contribution < 1.29 is 4.79 Å². The Kier molecular flexibility index (Phi) is 6.75. The Morgan fingerprint density at radius 2 is 1.83 bits per heavy atom. The van der Waals surface area contributed by atoms with Gasteiger partial charge in [0.05, 0.1) is 10.0 Å². The molecule has 0 aliphatic carbocycles. The number of nitrogens with one attached hydrogen (secondary N) is 2. The molecule has 0 spiro atoms. The van der Waals surface area contributed by atoms with Crippen LogP contribution < -0.4 is 10.6 Å². The molecule has 2 N–H and O–H groups in total. The van der Waals surface area contributed by atoms with E-state index in [-0.39, 0.29) is 6.03 Å². The largest absolute Gasteiger partial charge is 0.338 e. The van der Waals surface area contributed by atoms with Crippen molar-refractivity contribution in [3.05, 3.63) is 64.1 Å². The Bertz CT molecular complexity index is 647. The lowest BCUT2D eigenvalue weighted by Crippen LogP contribution is -2.32. The van der Waals surface area contributed by atoms with Crippen LogP contribution in [0.2, 0.25) is 10.0 Å². The second kappa shape index (κ2) is 8.80. The first-order valence-electron chi connectivity index (χ1n) is 7.58. The van der Waals surface area contributed by atoms with Gasteiger partial charge in [-0.3, -0.25) is 0 Å². The maximum absolute atomic E-state index is 11.9. The highest BCUT2D eigenvalue weighted by molar-refractivity contribution is 6.42. The summed E-state index contributed by atoms with van der Waals surface area (Å²) in [4.78, 5) is 11.9. The minimum absolute atomic E-state index is 0.241. The number of urea groups is 1. The van der Waals surface area contributed by atoms with E-state index in [0.717, 1.165) is 12.8 Å². The van der Waals surface area contributed by atoms with Crippen molar-refractivity contribution in [1.29, 1.82) is 0 Å². The van der Waals surface area contributed by atoms with E-state index in [1.54, 1.807) is 18.2 Å². The van der Waals surface area contributed by atoms with Crippen molar-refractivity contribution in [3.8, 4) is 0 Å². The fourth-order valence-corrected chi connectivity index (χ4v) is 2.47. The Balaban J connectivity index is 1.72. The zero-order valence-electron chi connectivity index (χ0n) is 13.0. The average molecular weight is 351 g/mol. The van der Waals surface area contributed by atoms with Gasteiger partial charge in [-0.15, -0.1) is 0 Å². The number of rotatable bonds is 6. The number of aryl methyl sites for hydroxylation is 1. The van der Waals surface area contributed by atoms with Crippen LogP contribution >= 0.6 is 23.2 Å². The summed E-state index contributed by atoms with van der Waals surface area (Å²) >= 11 is 11.8. The molecule has 3 nitrogen and oxygen atoms in total. The van der Waals surface area contributed by atoms with Gasteiger partial charge in [-0.2, -0.15) is 0 Å². The summed E-state index contributed by atoms with van der Waals surface area (Å²) in [5.74, 6) is 0.398. The maximum Gasteiger partial charge on any atom is 0.319 e. The second-order valence-corrected chi connectivity index (χ2v) is 6.41. The summed E-state index contributed by atoms with van der Waals surface area (Å²) in [6, 6.07) is 15.1. The lowest BCUT2D eigenvalue weighted by atomic mass is 10.0. The van der Waals surface area contributed by atoms with E-state index in [2.05, 4.69) is 29.7 Å². The zero-order chi connectivity index (χ0) is 16.7. The molecule has 0 aromatic heterocycles. The van der Waals surface area contributed by atoms with Gasteiger partial charge in [-0.25, -0.2) is 4.79 Å². The van der Waals surface area contributed by atoms with Crippen molar-refractivity contribution in [2.24, 2.45) is 5.92 Å². The molecule has 0 heterocycles. The van der Waals surface area contributed by atoms with Crippen molar-refractivity contribution in [3.63, 3.8) is 0 Å². The molecule has 0 fully saturated rings. The van der Waals surface area contributed by atoms with Crippen molar-refractivity contribution >= 4 is 34.9 Å². The molecule has 2 amide bonds. The maximum atomic E-state index is 11.9. The summed E-state index contributed by atoms with van der Waals surface area (Å²) in [5.41, 5.74) is 1.94. The molecule has 0 saturated heterocycles. The van der Waals surface area contributed by atoms with Gasteiger partial charge in [-0.05, 0) is 42.5 Å². The lowest BCUT2D eigenvalue weighted by Gasteiger charge is -2.13. The van der Waals surface area contributed by atoms with E-state index in [0.29, 0.717) is 28.2 Å². The van der Waals surface area contributed by atoms with Crippen LogP contribution in [-0.2, 0) is 6.42 Å². The molecule has 5 heteroatoms. The number of carbonyl (C=O) groups excluding carboxylic acids is 1. The molecule has 0 aliphatic rings. The van der Waals surface area contributed by atoms with Crippen molar-refractivity contribution in [1.82, 2.24) is 5.32 Å². The highest BCUT2D eigenvalue weighted by Crippen LogP contribution is 2.24. The van der Waals surface area contributed by atoms with Crippen LogP contribution in [0.3, 0.4) is 0 Å². The minimum atomic E-state index is -0.241. The SMILES string of the molecule is CC(CCc1ccccc1)CNC(=O)Nc1ccc(Cl)c(Cl)c1. The molecular formula is C18H20Cl2N2O. The van der Waals surface area contributed by atoms with Crippen LogP contribution in [0.5, 0.6) is 0 Å². The summed E-state index contributed by atoms with van der Waals surface area (Å²) in [6.07, 6.45) is 2.04. The second-order valence-electron chi connectivity index (χ2n) is 5.59. The highest BCUT2D eigenvalue weighted by Gasteiger charge is 2.07. The molecule has 1 unspecified atom stereocenters. The predicted octanol–water partition coefficient (Wildman–Crippen LogP) is 5.38. The van der Waals surface area contributed by atoms with Crippen LogP contribution in [-0.4, -0.2) is 12.6 Å². The van der Waals surface area contributed by atoms with Gasteiger partial charge in [0, 0.05) is 12.2 Å². The molecule has 0 radical (unpaired) electrons. The fourth-order valence-electron chi connectivity index (χ4n) is 2.18. The summed E-state index contributed by atoms with van der Waals surface area (Å²) in [5, 5.41) is 6.50. The van der Waals surface area contributed by atoms with Crippen molar-refractivity contribution in [2.75, 3.05) is 11.9 Å². The molecule has 0 aliphatic heterocycles. The fraction of sp³-hybridized carbons (Fsp3) is 0.278. The van der Waals surface area contributed by atoms with Crippen LogP contribution in [0.15, 0.2) is 48.5 Å². The van der Waals surface area contributed by atoms with E-state index < -0.39 is 0 Å². The number of carbonyl (C=O) groups is 1. The number of hydrogen-bond acceptors (Lipinski definition) is 1. The molecule has 2 aromatic carbocycles. The topological polar surface area (TPSA) is 41.1 Å². The quantitative estimate of drug-likeness (QED) is 0.720. The van der Waals surface area contributed by atoms with E-state index in [9.17, 15) is 4.79 Å². The van der Waals surface area contributed by atoms with E-state index in [1.165, 1.54) is 5.56 Å². The first-order chi connectivity index (χ1) is 11.0. The third-order valence-electron chi connectivity index (χ3n) is 3.56. The summed E-state index contributed by atoms with van der Waals surface area (Å²) in [6.45, 7) is 2.75. The molecule has 0 saturated carbocycles. The van der Waals surface area contributed by atoms with Gasteiger partial charge in [0.2, 0.25) is 0 Å². The van der Waals surface area contributed by atoms with Gasteiger partial charge in [-0.1, -0.05) is 60.5 Å². The van der Waals surface area contributed by atoms with Gasteiger partial charge in [0.15, 0.2) is 0 Å². The third-order valence-corrected chi connectivity index (χ3v) is 4.30. The zero-order valence-corrected chi connectivity index (χ0v) is 14.5. The summed E-state index contributed by atoms with van der Waals surface area (Å²) in [7, 11) is 0. The first kappa shape index (κ1) is 17.6. The van der Waals surface area contributed by atoms with Gasteiger partial charge in [0.25, 0.3) is 0 Å². The van der Waals surface area contributed by atoms with Crippen LogP contribution in [0.25, 0.3) is 0 Å². The predicted molar refractivity (Wildman–Crippen MR) is 97.4 cm³/mol. The molecule has 0 bridgehead atoms. The molecule has 23 heavy (non-hydrogen) atoms.